The van der Waals surface area contributed by atoms with E-state index < -0.39 is 11.6 Å². The number of aromatic nitrogens is 1. The minimum absolute atomic E-state index is 0.403. The zero-order valence-corrected chi connectivity index (χ0v) is 8.83. The third kappa shape index (κ3) is 1.42. The van der Waals surface area contributed by atoms with Crippen LogP contribution >= 0.6 is 0 Å². The largest absolute Gasteiger partial charge is 0.479 e. The Labute approximate surface area is 82.8 Å². The highest BCUT2D eigenvalue weighted by atomic mass is 16.4. The Kier molecular flexibility index (Phi) is 2.41. The molecule has 0 radical (unpaired) electrons. The van der Waals surface area contributed by atoms with Crippen molar-refractivity contribution in [3.05, 3.63) is 23.0 Å². The van der Waals surface area contributed by atoms with Crippen molar-refractivity contribution in [2.75, 3.05) is 0 Å². The Bertz CT molecular complexity index is 377. The Balaban J connectivity index is 3.33. The number of aliphatic hydroxyl groups is 1. The molecule has 1 heterocycles. The number of rotatable bonds is 2. The van der Waals surface area contributed by atoms with E-state index in [9.17, 15) is 9.90 Å². The summed E-state index contributed by atoms with van der Waals surface area (Å²) >= 11 is 0. The zero-order valence-electron chi connectivity index (χ0n) is 8.83. The summed E-state index contributed by atoms with van der Waals surface area (Å²) in [6.07, 6.45) is 0. The SMILES string of the molecule is Cc1cc(C(C)(O)C(=O)O)n(C)c1C. The number of hydrogen-bond acceptors (Lipinski definition) is 2. The van der Waals surface area contributed by atoms with Gasteiger partial charge in [-0.3, -0.25) is 0 Å². The highest BCUT2D eigenvalue weighted by molar-refractivity contribution is 5.78. The molecule has 14 heavy (non-hydrogen) atoms. The molecule has 2 N–H and O–H groups in total. The first-order valence-corrected chi connectivity index (χ1v) is 4.37. The van der Waals surface area contributed by atoms with E-state index in [0.29, 0.717) is 5.69 Å². The van der Waals surface area contributed by atoms with E-state index in [1.165, 1.54) is 6.92 Å². The van der Waals surface area contributed by atoms with Gasteiger partial charge in [0.25, 0.3) is 0 Å². The first kappa shape index (κ1) is 10.8. The van der Waals surface area contributed by atoms with Gasteiger partial charge in [0.1, 0.15) is 0 Å². The molecule has 0 fully saturated rings. The van der Waals surface area contributed by atoms with Crippen LogP contribution in [0.1, 0.15) is 23.9 Å². The Morgan fingerprint density at radius 2 is 2.00 bits per heavy atom. The van der Waals surface area contributed by atoms with Gasteiger partial charge in [0.15, 0.2) is 5.60 Å². The van der Waals surface area contributed by atoms with E-state index in [4.69, 9.17) is 5.11 Å². The molecule has 1 aromatic rings. The van der Waals surface area contributed by atoms with Crippen LogP contribution in [0.4, 0.5) is 0 Å². The average molecular weight is 197 g/mol. The van der Waals surface area contributed by atoms with Gasteiger partial charge in [-0.15, -0.1) is 0 Å². The summed E-state index contributed by atoms with van der Waals surface area (Å²) in [6.45, 7) is 5.05. The third-order valence-electron chi connectivity index (χ3n) is 2.70. The van der Waals surface area contributed by atoms with Crippen LogP contribution in [0.2, 0.25) is 0 Å². The molecule has 0 saturated carbocycles. The molecule has 78 valence electrons. The predicted molar refractivity (Wildman–Crippen MR) is 52.1 cm³/mol. The fraction of sp³-hybridized carbons (Fsp3) is 0.500. The quantitative estimate of drug-likeness (QED) is 0.741. The molecule has 4 nitrogen and oxygen atoms in total. The summed E-state index contributed by atoms with van der Waals surface area (Å²) in [5, 5.41) is 18.6. The number of aliphatic carboxylic acids is 1. The lowest BCUT2D eigenvalue weighted by atomic mass is 10.0. The Morgan fingerprint density at radius 1 is 1.50 bits per heavy atom. The van der Waals surface area contributed by atoms with Crippen molar-refractivity contribution < 1.29 is 15.0 Å². The summed E-state index contributed by atoms with van der Waals surface area (Å²) in [7, 11) is 1.75. The van der Waals surface area contributed by atoms with Crippen molar-refractivity contribution in [1.82, 2.24) is 4.57 Å². The van der Waals surface area contributed by atoms with Gasteiger partial charge in [-0.1, -0.05) is 0 Å². The fourth-order valence-corrected chi connectivity index (χ4v) is 1.43. The number of aryl methyl sites for hydroxylation is 1. The van der Waals surface area contributed by atoms with Crippen molar-refractivity contribution >= 4 is 5.97 Å². The van der Waals surface area contributed by atoms with Crippen LogP contribution in [-0.2, 0) is 17.4 Å². The van der Waals surface area contributed by atoms with Crippen molar-refractivity contribution in [2.24, 2.45) is 7.05 Å². The maximum atomic E-state index is 10.8. The Hall–Kier alpha value is -1.29. The number of carboxylic acid groups (broad SMARTS) is 1. The van der Waals surface area contributed by atoms with Gasteiger partial charge in [-0.25, -0.2) is 4.79 Å². The summed E-state index contributed by atoms with van der Waals surface area (Å²) in [4.78, 5) is 10.8. The molecule has 1 atom stereocenters. The number of hydrogen-bond donors (Lipinski definition) is 2. The summed E-state index contributed by atoms with van der Waals surface area (Å²) in [5.74, 6) is -1.24. The van der Waals surface area contributed by atoms with Crippen molar-refractivity contribution in [2.45, 2.75) is 26.4 Å². The minimum atomic E-state index is -1.83. The van der Waals surface area contributed by atoms with Gasteiger partial charge < -0.3 is 14.8 Å². The summed E-state index contributed by atoms with van der Waals surface area (Å²) < 4.78 is 1.70. The zero-order chi connectivity index (χ0) is 11.1. The smallest absolute Gasteiger partial charge is 0.341 e. The van der Waals surface area contributed by atoms with Crippen molar-refractivity contribution in [3.63, 3.8) is 0 Å². The van der Waals surface area contributed by atoms with Gasteiger partial charge in [0, 0.05) is 12.7 Å². The second-order valence-electron chi connectivity index (χ2n) is 3.73. The molecule has 0 aromatic carbocycles. The monoisotopic (exact) mass is 197 g/mol. The number of nitrogens with zero attached hydrogens (tertiary/aromatic N) is 1. The van der Waals surface area contributed by atoms with Crippen LogP contribution in [-0.4, -0.2) is 20.7 Å². The first-order valence-electron chi connectivity index (χ1n) is 4.37. The standard InChI is InChI=1S/C10H15NO3/c1-6-5-8(11(4)7(6)2)10(3,14)9(12)13/h5,14H,1-4H3,(H,12,13). The van der Waals surface area contributed by atoms with E-state index >= 15 is 0 Å². The third-order valence-corrected chi connectivity index (χ3v) is 2.70. The second kappa shape index (κ2) is 3.13. The topological polar surface area (TPSA) is 62.5 Å². The summed E-state index contributed by atoms with van der Waals surface area (Å²) in [5.41, 5.74) is 0.513. The van der Waals surface area contributed by atoms with E-state index in [2.05, 4.69) is 0 Å². The maximum Gasteiger partial charge on any atom is 0.341 e. The number of carbonyl (C=O) groups is 1. The van der Waals surface area contributed by atoms with Gasteiger partial charge in [0.2, 0.25) is 0 Å². The number of carboxylic acids is 1. The molecule has 0 aliphatic carbocycles. The second-order valence-corrected chi connectivity index (χ2v) is 3.73. The highest BCUT2D eigenvalue weighted by Crippen LogP contribution is 2.24. The molecule has 0 aliphatic heterocycles. The molecule has 0 bridgehead atoms. The van der Waals surface area contributed by atoms with Gasteiger partial charge in [0.05, 0.1) is 5.69 Å². The lowest BCUT2D eigenvalue weighted by Crippen LogP contribution is -2.33. The van der Waals surface area contributed by atoms with Crippen molar-refractivity contribution in [3.8, 4) is 0 Å². The normalized spacial score (nSPS) is 15.2. The highest BCUT2D eigenvalue weighted by Gasteiger charge is 2.35. The lowest BCUT2D eigenvalue weighted by molar-refractivity contribution is -0.158. The molecule has 0 aliphatic rings. The van der Waals surface area contributed by atoms with Crippen LogP contribution in [0.5, 0.6) is 0 Å². The summed E-state index contributed by atoms with van der Waals surface area (Å²) in [6, 6.07) is 1.70. The molecule has 0 saturated heterocycles. The van der Waals surface area contributed by atoms with E-state index in [1.54, 1.807) is 17.7 Å². The molecule has 1 rings (SSSR count). The van der Waals surface area contributed by atoms with Gasteiger partial charge in [-0.2, -0.15) is 0 Å². The van der Waals surface area contributed by atoms with Crippen LogP contribution < -0.4 is 0 Å². The Morgan fingerprint density at radius 3 is 2.29 bits per heavy atom. The maximum absolute atomic E-state index is 10.8. The fourth-order valence-electron chi connectivity index (χ4n) is 1.43. The van der Waals surface area contributed by atoms with E-state index in [0.717, 1.165) is 11.3 Å². The molecule has 0 spiro atoms. The van der Waals surface area contributed by atoms with Crippen LogP contribution in [0, 0.1) is 13.8 Å². The van der Waals surface area contributed by atoms with Crippen LogP contribution in [0.25, 0.3) is 0 Å². The van der Waals surface area contributed by atoms with E-state index in [-0.39, 0.29) is 0 Å². The van der Waals surface area contributed by atoms with Crippen molar-refractivity contribution in [1.29, 1.82) is 0 Å². The predicted octanol–water partition coefficient (Wildman–Crippen LogP) is 0.934. The molecule has 4 heteroatoms. The molecule has 0 amide bonds. The van der Waals surface area contributed by atoms with Crippen LogP contribution in [0.3, 0.4) is 0 Å². The van der Waals surface area contributed by atoms with Crippen LogP contribution in [0.15, 0.2) is 6.07 Å². The molecular weight excluding hydrogens is 182 g/mol. The minimum Gasteiger partial charge on any atom is -0.479 e. The van der Waals surface area contributed by atoms with E-state index in [1.807, 2.05) is 13.8 Å². The molecule has 1 aromatic heterocycles. The molecular formula is C10H15NO3. The first-order chi connectivity index (χ1) is 6.28. The van der Waals surface area contributed by atoms with Gasteiger partial charge >= 0.3 is 5.97 Å². The lowest BCUT2D eigenvalue weighted by Gasteiger charge is -2.19. The molecule has 1 unspecified atom stereocenters. The average Bonchev–Trinajstić information content (AvgIpc) is 2.33. The van der Waals surface area contributed by atoms with Gasteiger partial charge in [-0.05, 0) is 32.4 Å².